The first-order valence-corrected chi connectivity index (χ1v) is 10.3. The van der Waals surface area contributed by atoms with Crippen molar-refractivity contribution in [3.63, 3.8) is 0 Å². The molecule has 1 aliphatic rings. The number of hydrogen-bond donors (Lipinski definition) is 1. The Morgan fingerprint density at radius 3 is 2.52 bits per heavy atom. The van der Waals surface area contributed by atoms with Gasteiger partial charge < -0.3 is 10.2 Å². The largest absolute Gasteiger partial charge is 0.357 e. The monoisotopic (exact) mass is 479 g/mol. The van der Waals surface area contributed by atoms with Crippen LogP contribution in [0.4, 0.5) is 0 Å². The second-order valence-electron chi connectivity index (χ2n) is 7.06. The molecule has 0 aromatic heterocycles. The number of benzene rings is 1. The van der Waals surface area contributed by atoms with Gasteiger partial charge in [-0.25, -0.2) is 8.42 Å². The van der Waals surface area contributed by atoms with Gasteiger partial charge >= 0.3 is 0 Å². The highest BCUT2D eigenvalue weighted by molar-refractivity contribution is 14.0. The number of rotatable bonds is 6. The zero-order valence-electron chi connectivity index (χ0n) is 15.4. The minimum absolute atomic E-state index is 0. The summed E-state index contributed by atoms with van der Waals surface area (Å²) in [6.45, 7) is 9.91. The molecule has 0 radical (unpaired) electrons. The van der Waals surface area contributed by atoms with Crippen LogP contribution in [0.2, 0.25) is 0 Å². The highest BCUT2D eigenvalue weighted by Crippen LogP contribution is 2.28. The van der Waals surface area contributed by atoms with Crippen LogP contribution in [0.25, 0.3) is 0 Å². The van der Waals surface area contributed by atoms with Gasteiger partial charge in [-0.05, 0) is 37.3 Å². The molecule has 25 heavy (non-hydrogen) atoms. The van der Waals surface area contributed by atoms with Crippen molar-refractivity contribution in [2.45, 2.75) is 38.5 Å². The predicted octanol–water partition coefficient (Wildman–Crippen LogP) is 3.17. The summed E-state index contributed by atoms with van der Waals surface area (Å²) in [7, 11) is -3.21. The summed E-state index contributed by atoms with van der Waals surface area (Å²) in [5, 5.41) is 3.32. The molecule has 1 heterocycles. The van der Waals surface area contributed by atoms with Crippen LogP contribution in [0, 0.1) is 5.41 Å². The Labute approximate surface area is 169 Å². The van der Waals surface area contributed by atoms with Gasteiger partial charge in [0, 0.05) is 26.2 Å². The number of nitrogens with one attached hydrogen (secondary N) is 1. The third kappa shape index (κ3) is 6.77. The van der Waals surface area contributed by atoms with Gasteiger partial charge in [-0.3, -0.25) is 4.99 Å². The lowest BCUT2D eigenvalue weighted by atomic mass is 9.93. The average molecular weight is 479 g/mol. The van der Waals surface area contributed by atoms with Gasteiger partial charge in [0.05, 0.1) is 10.6 Å². The highest BCUT2D eigenvalue weighted by atomic mass is 127. The van der Waals surface area contributed by atoms with Crippen LogP contribution in [0.5, 0.6) is 0 Å². The second kappa shape index (κ2) is 9.75. The van der Waals surface area contributed by atoms with Crippen LogP contribution in [0.1, 0.15) is 33.6 Å². The number of halogens is 1. The Morgan fingerprint density at radius 2 is 1.96 bits per heavy atom. The third-order valence-electron chi connectivity index (χ3n) is 4.25. The average Bonchev–Trinajstić information content (AvgIpc) is 2.91. The highest BCUT2D eigenvalue weighted by Gasteiger charge is 2.30. The first kappa shape index (κ1) is 22.2. The molecule has 7 heteroatoms. The van der Waals surface area contributed by atoms with E-state index in [-0.39, 0.29) is 29.7 Å². The third-order valence-corrected chi connectivity index (χ3v) is 6.06. The van der Waals surface area contributed by atoms with Crippen LogP contribution >= 0.6 is 24.0 Å². The Kier molecular flexibility index (Phi) is 8.67. The molecular weight excluding hydrogens is 449 g/mol. The maximum atomic E-state index is 12.3. The van der Waals surface area contributed by atoms with Crippen molar-refractivity contribution in [1.82, 2.24) is 10.2 Å². The van der Waals surface area contributed by atoms with Crippen molar-refractivity contribution in [1.29, 1.82) is 0 Å². The Bertz CT molecular complexity index is 660. The molecule has 5 nitrogen and oxygen atoms in total. The summed E-state index contributed by atoms with van der Waals surface area (Å²) in [4.78, 5) is 7.29. The van der Waals surface area contributed by atoms with Gasteiger partial charge in [0.15, 0.2) is 15.8 Å². The summed E-state index contributed by atoms with van der Waals surface area (Å²) in [6, 6.07) is 8.63. The van der Waals surface area contributed by atoms with E-state index >= 15 is 0 Å². The fourth-order valence-electron chi connectivity index (χ4n) is 2.90. The van der Waals surface area contributed by atoms with E-state index in [0.29, 0.717) is 23.3 Å². The number of nitrogens with zero attached hydrogens (tertiary/aromatic N) is 2. The van der Waals surface area contributed by atoms with Crippen molar-refractivity contribution in [3.05, 3.63) is 30.3 Å². The molecule has 0 amide bonds. The quantitative estimate of drug-likeness (QED) is 0.295. The number of aliphatic imine (C=N–C) groups is 1. The molecule has 0 saturated carbocycles. The molecule has 1 N–H and O–H groups in total. The fraction of sp³-hybridized carbons (Fsp3) is 0.611. The first-order chi connectivity index (χ1) is 11.3. The van der Waals surface area contributed by atoms with Crippen molar-refractivity contribution < 1.29 is 8.42 Å². The molecule has 0 aliphatic carbocycles. The molecule has 142 valence electrons. The van der Waals surface area contributed by atoms with E-state index in [1.165, 1.54) is 0 Å². The van der Waals surface area contributed by atoms with Crippen molar-refractivity contribution in [2.24, 2.45) is 10.4 Å². The minimum Gasteiger partial charge on any atom is -0.357 e. The zero-order valence-corrected chi connectivity index (χ0v) is 18.5. The molecule has 0 atom stereocenters. The Morgan fingerprint density at radius 1 is 1.28 bits per heavy atom. The van der Waals surface area contributed by atoms with Crippen LogP contribution in [-0.4, -0.2) is 51.2 Å². The summed E-state index contributed by atoms with van der Waals surface area (Å²) < 4.78 is 24.5. The smallest absolute Gasteiger partial charge is 0.193 e. The molecule has 1 aliphatic heterocycles. The van der Waals surface area contributed by atoms with Crippen LogP contribution in [0.15, 0.2) is 40.2 Å². The topological polar surface area (TPSA) is 61.8 Å². The molecular formula is C18H30IN3O2S. The molecule has 0 bridgehead atoms. The van der Waals surface area contributed by atoms with Gasteiger partial charge in [-0.2, -0.15) is 0 Å². The number of sulfone groups is 1. The molecule has 1 aromatic rings. The minimum atomic E-state index is -3.21. The fourth-order valence-corrected chi connectivity index (χ4v) is 4.22. The van der Waals surface area contributed by atoms with Crippen LogP contribution in [0.3, 0.4) is 0 Å². The first-order valence-electron chi connectivity index (χ1n) is 8.65. The number of guanidine groups is 1. The van der Waals surface area contributed by atoms with E-state index in [2.05, 4.69) is 36.0 Å². The van der Waals surface area contributed by atoms with Crippen molar-refractivity contribution >= 4 is 39.8 Å². The van der Waals surface area contributed by atoms with E-state index in [9.17, 15) is 8.42 Å². The number of likely N-dealkylation sites (tertiary alicyclic amines) is 1. The lowest BCUT2D eigenvalue weighted by Gasteiger charge is -2.23. The summed E-state index contributed by atoms with van der Waals surface area (Å²) >= 11 is 0. The lowest BCUT2D eigenvalue weighted by molar-refractivity contribution is 0.370. The number of hydrogen-bond acceptors (Lipinski definition) is 3. The Balaban J connectivity index is 0.00000312. The normalized spacial score (nSPS) is 17.2. The SMILES string of the molecule is CCNC(=NCCCS(=O)(=O)c1ccccc1)N1CCC(C)(C)C1.I. The van der Waals surface area contributed by atoms with E-state index in [4.69, 9.17) is 0 Å². The zero-order chi connectivity index (χ0) is 17.6. The van der Waals surface area contributed by atoms with E-state index < -0.39 is 9.84 Å². The standard InChI is InChI=1S/C18H29N3O2S.HI/c1-4-19-17(21-13-11-18(2,3)15-21)20-12-8-14-24(22,23)16-9-6-5-7-10-16;/h5-7,9-10H,4,8,11-15H2,1-3H3,(H,19,20);1H. The molecule has 0 spiro atoms. The summed E-state index contributed by atoms with van der Waals surface area (Å²) in [5.74, 6) is 1.03. The summed E-state index contributed by atoms with van der Waals surface area (Å²) in [6.07, 6.45) is 1.68. The lowest BCUT2D eigenvalue weighted by Crippen LogP contribution is -2.40. The summed E-state index contributed by atoms with van der Waals surface area (Å²) in [5.41, 5.74) is 0.312. The van der Waals surface area contributed by atoms with Gasteiger partial charge in [0.25, 0.3) is 0 Å². The van der Waals surface area contributed by atoms with Gasteiger partial charge in [-0.15, -0.1) is 24.0 Å². The van der Waals surface area contributed by atoms with Crippen molar-refractivity contribution in [2.75, 3.05) is 31.9 Å². The molecule has 1 fully saturated rings. The van der Waals surface area contributed by atoms with Crippen LogP contribution in [-0.2, 0) is 9.84 Å². The van der Waals surface area contributed by atoms with Crippen LogP contribution < -0.4 is 5.32 Å². The van der Waals surface area contributed by atoms with E-state index in [0.717, 1.165) is 32.0 Å². The van der Waals surface area contributed by atoms with E-state index in [1.54, 1.807) is 24.3 Å². The molecule has 2 rings (SSSR count). The molecule has 1 aromatic carbocycles. The van der Waals surface area contributed by atoms with Gasteiger partial charge in [0.2, 0.25) is 0 Å². The van der Waals surface area contributed by atoms with Gasteiger partial charge in [0.1, 0.15) is 0 Å². The Hall–Kier alpha value is -0.830. The molecule has 1 saturated heterocycles. The maximum Gasteiger partial charge on any atom is 0.193 e. The molecule has 0 unspecified atom stereocenters. The van der Waals surface area contributed by atoms with E-state index in [1.807, 2.05) is 6.07 Å². The second-order valence-corrected chi connectivity index (χ2v) is 9.17. The van der Waals surface area contributed by atoms with Crippen molar-refractivity contribution in [3.8, 4) is 0 Å². The van der Waals surface area contributed by atoms with Gasteiger partial charge in [-0.1, -0.05) is 32.0 Å². The maximum absolute atomic E-state index is 12.3. The predicted molar refractivity (Wildman–Crippen MR) is 114 cm³/mol.